The molecule has 5 nitrogen and oxygen atoms in total. The molecule has 4 atom stereocenters. The zero-order chi connectivity index (χ0) is 23.0. The van der Waals surface area contributed by atoms with Crippen molar-refractivity contribution < 1.29 is 17.0 Å². The van der Waals surface area contributed by atoms with Crippen LogP contribution in [0.5, 0.6) is 0 Å². The number of rotatable bonds is 7. The Labute approximate surface area is 194 Å². The zero-order valence-corrected chi connectivity index (χ0v) is 21.3. The van der Waals surface area contributed by atoms with E-state index >= 15 is 0 Å². The van der Waals surface area contributed by atoms with Crippen LogP contribution in [-0.2, 0) is 18.7 Å². The number of benzene rings is 2. The van der Waals surface area contributed by atoms with Crippen molar-refractivity contribution in [1.82, 2.24) is 4.90 Å². The highest BCUT2D eigenvalue weighted by molar-refractivity contribution is 7.86. The van der Waals surface area contributed by atoms with E-state index in [1.165, 1.54) is 10.4 Å². The summed E-state index contributed by atoms with van der Waals surface area (Å²) >= 11 is 0. The van der Waals surface area contributed by atoms with Crippen LogP contribution in [-0.4, -0.2) is 59.7 Å². The normalized spacial score (nSPS) is 26.2. The summed E-state index contributed by atoms with van der Waals surface area (Å²) < 4.78 is 35.9. The van der Waals surface area contributed by atoms with Crippen molar-refractivity contribution in [3.8, 4) is 0 Å². The lowest BCUT2D eigenvalue weighted by molar-refractivity contribution is -0.0517. The van der Waals surface area contributed by atoms with Crippen molar-refractivity contribution in [2.24, 2.45) is 5.92 Å². The molecule has 2 bridgehead atoms. The van der Waals surface area contributed by atoms with Crippen LogP contribution in [0.2, 0.25) is 5.04 Å². The summed E-state index contributed by atoms with van der Waals surface area (Å²) in [5, 5.41) is 2.52. The van der Waals surface area contributed by atoms with Gasteiger partial charge in [0, 0.05) is 12.6 Å². The lowest BCUT2D eigenvalue weighted by Gasteiger charge is -2.50. The molecule has 0 amide bonds. The summed E-state index contributed by atoms with van der Waals surface area (Å²) in [7, 11) is -6.01. The molecule has 0 spiro atoms. The van der Waals surface area contributed by atoms with E-state index in [2.05, 4.69) is 86.3 Å². The van der Waals surface area contributed by atoms with Crippen LogP contribution in [0.3, 0.4) is 0 Å². The van der Waals surface area contributed by atoms with Gasteiger partial charge in [0.05, 0.1) is 19.0 Å². The van der Waals surface area contributed by atoms with Gasteiger partial charge in [0.1, 0.15) is 0 Å². The average Bonchev–Trinajstić information content (AvgIpc) is 2.74. The Morgan fingerprint density at radius 3 is 2.00 bits per heavy atom. The maximum Gasteiger partial charge on any atom is 0.264 e. The van der Waals surface area contributed by atoms with Crippen LogP contribution in [0, 0.1) is 5.92 Å². The summed E-state index contributed by atoms with van der Waals surface area (Å²) in [6.07, 6.45) is 2.81. The van der Waals surface area contributed by atoms with Crippen LogP contribution in [0.25, 0.3) is 0 Å². The van der Waals surface area contributed by atoms with Crippen LogP contribution in [0.1, 0.15) is 33.6 Å². The van der Waals surface area contributed by atoms with Crippen molar-refractivity contribution in [2.75, 3.05) is 26.0 Å². The molecule has 32 heavy (non-hydrogen) atoms. The molecule has 0 saturated carbocycles. The molecule has 3 saturated heterocycles. The maximum absolute atomic E-state index is 11.7. The number of piperidine rings is 3. The van der Waals surface area contributed by atoms with Gasteiger partial charge in [-0.25, -0.2) is 0 Å². The zero-order valence-electron chi connectivity index (χ0n) is 19.5. The van der Waals surface area contributed by atoms with Gasteiger partial charge in [-0.3, -0.25) is 9.08 Å². The molecule has 5 rings (SSSR count). The first-order chi connectivity index (χ1) is 15.1. The summed E-state index contributed by atoms with van der Waals surface area (Å²) in [4.78, 5) is 2.37. The second-order valence-corrected chi connectivity index (χ2v) is 16.2. The van der Waals surface area contributed by atoms with Crippen LogP contribution in [0.15, 0.2) is 60.7 Å². The fourth-order valence-electron chi connectivity index (χ4n) is 5.58. The molecule has 1 unspecified atom stereocenters. The van der Waals surface area contributed by atoms with Crippen LogP contribution >= 0.6 is 0 Å². The third-order valence-corrected chi connectivity index (χ3v) is 12.6. The minimum Gasteiger partial charge on any atom is -0.406 e. The first-order valence-electron chi connectivity index (χ1n) is 11.5. The molecule has 0 aromatic heterocycles. The Kier molecular flexibility index (Phi) is 6.67. The summed E-state index contributed by atoms with van der Waals surface area (Å²) in [5.41, 5.74) is 0. The highest BCUT2D eigenvalue weighted by atomic mass is 32.2. The van der Waals surface area contributed by atoms with Gasteiger partial charge in [0.25, 0.3) is 18.4 Å². The van der Waals surface area contributed by atoms with Crippen LogP contribution in [0.4, 0.5) is 0 Å². The molecule has 3 aliphatic rings. The molecule has 0 radical (unpaired) electrons. The Morgan fingerprint density at radius 1 is 1.00 bits per heavy atom. The molecule has 3 fully saturated rings. The van der Waals surface area contributed by atoms with Crippen molar-refractivity contribution in [1.29, 1.82) is 0 Å². The minimum absolute atomic E-state index is 0.0549. The first-order valence-corrected chi connectivity index (χ1v) is 15.2. The molecule has 2 aromatic carbocycles. The Bertz CT molecular complexity index is 968. The largest absolute Gasteiger partial charge is 0.406 e. The standard InChI is InChI=1S/C25H35NO4SSi/c1-25(2,3)32(22-11-7-5-8-12-22,23-13-9-6-10-14-23)29-19-21-17-20-15-16-26(21)18-24(20)30-31(4,27)28/h5-14,20-21,24H,15-19H2,1-4H3/t20-,21+,24-/m0/s1. The molecule has 0 N–H and O–H groups in total. The number of fused-ring (bicyclic) bond motifs is 3. The highest BCUT2D eigenvalue weighted by Crippen LogP contribution is 2.39. The topological polar surface area (TPSA) is 55.8 Å². The fourth-order valence-corrected chi connectivity index (χ4v) is 10.8. The lowest BCUT2D eigenvalue weighted by atomic mass is 9.81. The Hall–Kier alpha value is -1.51. The van der Waals surface area contributed by atoms with E-state index in [-0.39, 0.29) is 23.1 Å². The molecular formula is C25H35NO4SSi. The first kappa shape index (κ1) is 23.6. The minimum atomic E-state index is -3.44. The Balaban J connectivity index is 1.61. The third-order valence-electron chi connectivity index (χ3n) is 7.03. The highest BCUT2D eigenvalue weighted by Gasteiger charge is 2.51. The van der Waals surface area contributed by atoms with E-state index in [1.807, 2.05) is 0 Å². The quantitative estimate of drug-likeness (QED) is 0.457. The predicted octanol–water partition coefficient (Wildman–Crippen LogP) is 3.00. The van der Waals surface area contributed by atoms with E-state index in [4.69, 9.17) is 8.61 Å². The average molecular weight is 474 g/mol. The lowest BCUT2D eigenvalue weighted by Crippen LogP contribution is -2.68. The molecular weight excluding hydrogens is 438 g/mol. The van der Waals surface area contributed by atoms with Gasteiger partial charge in [-0.2, -0.15) is 8.42 Å². The van der Waals surface area contributed by atoms with Gasteiger partial charge < -0.3 is 4.43 Å². The molecule has 0 aliphatic carbocycles. The van der Waals surface area contributed by atoms with Gasteiger partial charge in [-0.15, -0.1) is 0 Å². The van der Waals surface area contributed by atoms with Gasteiger partial charge >= 0.3 is 0 Å². The SMILES string of the molecule is CC(C)(C)[Si](OC[C@H]1C[C@@H]2CCN1C[C@@H]2OS(C)(=O)=O)(c1ccccc1)c1ccccc1. The second kappa shape index (κ2) is 9.03. The number of hydrogen-bond acceptors (Lipinski definition) is 5. The van der Waals surface area contributed by atoms with Crippen molar-refractivity contribution in [2.45, 2.75) is 50.8 Å². The van der Waals surface area contributed by atoms with Gasteiger partial charge in [0.15, 0.2) is 0 Å². The second-order valence-electron chi connectivity index (χ2n) is 10.2. The summed E-state index contributed by atoms with van der Waals surface area (Å²) in [5.74, 6) is 0.266. The van der Waals surface area contributed by atoms with Gasteiger partial charge in [-0.05, 0) is 40.7 Å². The van der Waals surface area contributed by atoms with Crippen molar-refractivity contribution in [3.63, 3.8) is 0 Å². The van der Waals surface area contributed by atoms with E-state index in [9.17, 15) is 8.42 Å². The predicted molar refractivity (Wildman–Crippen MR) is 131 cm³/mol. The third kappa shape index (κ3) is 4.73. The van der Waals surface area contributed by atoms with E-state index < -0.39 is 18.4 Å². The molecule has 174 valence electrons. The fraction of sp³-hybridized carbons (Fsp3) is 0.520. The molecule has 7 heteroatoms. The summed E-state index contributed by atoms with van der Waals surface area (Å²) in [6, 6.07) is 21.7. The molecule has 3 aliphatic heterocycles. The smallest absolute Gasteiger partial charge is 0.264 e. The number of nitrogens with zero attached hydrogens (tertiary/aromatic N) is 1. The molecule has 2 aromatic rings. The van der Waals surface area contributed by atoms with E-state index in [0.717, 1.165) is 25.6 Å². The van der Waals surface area contributed by atoms with E-state index in [1.54, 1.807) is 0 Å². The van der Waals surface area contributed by atoms with Gasteiger partial charge in [-0.1, -0.05) is 81.4 Å². The van der Waals surface area contributed by atoms with Crippen molar-refractivity contribution in [3.05, 3.63) is 60.7 Å². The van der Waals surface area contributed by atoms with E-state index in [0.29, 0.717) is 13.2 Å². The van der Waals surface area contributed by atoms with Crippen molar-refractivity contribution >= 4 is 28.8 Å². The maximum atomic E-state index is 11.7. The molecule has 3 heterocycles. The number of hydrogen-bond donors (Lipinski definition) is 0. The monoisotopic (exact) mass is 473 g/mol. The van der Waals surface area contributed by atoms with Gasteiger partial charge in [0.2, 0.25) is 0 Å². The summed E-state index contributed by atoms with van der Waals surface area (Å²) in [6.45, 7) is 9.17. The Morgan fingerprint density at radius 2 is 1.56 bits per heavy atom. The van der Waals surface area contributed by atoms with Crippen LogP contribution < -0.4 is 10.4 Å².